The molecule has 0 bridgehead atoms. The average molecular weight is 398 g/mol. The van der Waals surface area contributed by atoms with Gasteiger partial charge in [-0.05, 0) is 42.5 Å². The Bertz CT molecular complexity index is 1030. The highest BCUT2D eigenvalue weighted by atomic mass is 79.9. The fourth-order valence-electron chi connectivity index (χ4n) is 2.26. The summed E-state index contributed by atoms with van der Waals surface area (Å²) in [6.45, 7) is 0. The van der Waals surface area contributed by atoms with Crippen LogP contribution in [-0.4, -0.2) is 23.5 Å². The second-order valence-corrected chi connectivity index (χ2v) is 7.49. The molecule has 3 rings (SSSR count). The Morgan fingerprint density at radius 1 is 1.13 bits per heavy atom. The van der Waals surface area contributed by atoms with Gasteiger partial charge in [0.15, 0.2) is 0 Å². The number of rotatable bonds is 3. The van der Waals surface area contributed by atoms with Gasteiger partial charge in [-0.3, -0.25) is 0 Å². The summed E-state index contributed by atoms with van der Waals surface area (Å²) in [4.78, 5) is 11.3. The van der Waals surface area contributed by atoms with Crippen LogP contribution in [-0.2, 0) is 10.0 Å². The Labute approximate surface area is 139 Å². The summed E-state index contributed by atoms with van der Waals surface area (Å²) in [7, 11) is -4.00. The van der Waals surface area contributed by atoms with Crippen molar-refractivity contribution < 1.29 is 22.7 Å². The molecule has 8 heteroatoms. The Balaban J connectivity index is 2.31. The molecular weight excluding hydrogens is 389 g/mol. The van der Waals surface area contributed by atoms with Crippen molar-refractivity contribution in [3.63, 3.8) is 0 Å². The lowest BCUT2D eigenvalue weighted by atomic mass is 10.2. The maximum absolute atomic E-state index is 13.4. The van der Waals surface area contributed by atoms with E-state index in [9.17, 15) is 22.7 Å². The topological polar surface area (TPSA) is 76.4 Å². The summed E-state index contributed by atoms with van der Waals surface area (Å²) in [6, 6.07) is 9.26. The van der Waals surface area contributed by atoms with Gasteiger partial charge in [0, 0.05) is 16.1 Å². The number of aromatic nitrogens is 1. The fraction of sp³-hybridized carbons (Fsp3) is 0. The Kier molecular flexibility index (Phi) is 3.73. The molecule has 0 saturated carbocycles. The molecule has 0 aliphatic heterocycles. The van der Waals surface area contributed by atoms with Crippen molar-refractivity contribution >= 4 is 42.8 Å². The Morgan fingerprint density at radius 3 is 2.39 bits per heavy atom. The molecule has 23 heavy (non-hydrogen) atoms. The van der Waals surface area contributed by atoms with E-state index in [1.165, 1.54) is 18.2 Å². The first kappa shape index (κ1) is 15.7. The quantitative estimate of drug-likeness (QED) is 0.733. The third kappa shape index (κ3) is 2.64. The molecule has 0 spiro atoms. The molecule has 0 fully saturated rings. The zero-order valence-electron chi connectivity index (χ0n) is 11.4. The van der Waals surface area contributed by atoms with Crippen molar-refractivity contribution in [2.75, 3.05) is 0 Å². The van der Waals surface area contributed by atoms with Crippen molar-refractivity contribution in [2.45, 2.75) is 4.90 Å². The second kappa shape index (κ2) is 5.47. The molecule has 0 atom stereocenters. The number of carbonyl (C=O) groups is 1. The van der Waals surface area contributed by atoms with Crippen LogP contribution in [0, 0.1) is 5.82 Å². The van der Waals surface area contributed by atoms with E-state index in [0.29, 0.717) is 4.47 Å². The van der Waals surface area contributed by atoms with Gasteiger partial charge in [0.2, 0.25) is 0 Å². The first-order chi connectivity index (χ1) is 10.8. The number of halogens is 2. The van der Waals surface area contributed by atoms with E-state index in [1.54, 1.807) is 12.1 Å². The number of hydrogen-bond donors (Lipinski definition) is 1. The highest BCUT2D eigenvalue weighted by Gasteiger charge is 2.23. The summed E-state index contributed by atoms with van der Waals surface area (Å²) in [5.74, 6) is -1.97. The maximum atomic E-state index is 13.4. The normalized spacial score (nSPS) is 11.7. The summed E-state index contributed by atoms with van der Waals surface area (Å²) in [5.41, 5.74) is -0.174. The number of benzene rings is 2. The lowest BCUT2D eigenvalue weighted by molar-refractivity contribution is 0.0699. The molecule has 1 N–H and O–H groups in total. The minimum atomic E-state index is -4.00. The molecule has 0 saturated heterocycles. The molecule has 118 valence electrons. The zero-order chi connectivity index (χ0) is 16.8. The SMILES string of the molecule is O=C(O)c1cn(S(=O)(=O)c2ccc(Br)cc2)c2ccc(F)cc12. The van der Waals surface area contributed by atoms with E-state index < -0.39 is 21.8 Å². The molecule has 3 aromatic rings. The third-order valence-electron chi connectivity index (χ3n) is 3.33. The molecule has 0 amide bonds. The van der Waals surface area contributed by atoms with Crippen LogP contribution >= 0.6 is 15.9 Å². The van der Waals surface area contributed by atoms with E-state index in [1.807, 2.05) is 0 Å². The van der Waals surface area contributed by atoms with Crippen LogP contribution < -0.4 is 0 Å². The smallest absolute Gasteiger partial charge is 0.337 e. The lowest BCUT2D eigenvalue weighted by Crippen LogP contribution is -2.12. The van der Waals surface area contributed by atoms with Gasteiger partial charge in [0.1, 0.15) is 5.82 Å². The summed E-state index contributed by atoms with van der Waals surface area (Å²) in [6.07, 6.45) is 0.990. The van der Waals surface area contributed by atoms with Gasteiger partial charge in [-0.1, -0.05) is 15.9 Å². The second-order valence-electron chi connectivity index (χ2n) is 4.76. The number of aromatic carboxylic acids is 1. The summed E-state index contributed by atoms with van der Waals surface area (Å²) >= 11 is 3.22. The van der Waals surface area contributed by atoms with Gasteiger partial charge in [0.25, 0.3) is 10.0 Å². The Morgan fingerprint density at radius 2 is 1.78 bits per heavy atom. The highest BCUT2D eigenvalue weighted by molar-refractivity contribution is 9.10. The van der Waals surface area contributed by atoms with E-state index in [0.717, 1.165) is 22.3 Å². The summed E-state index contributed by atoms with van der Waals surface area (Å²) in [5, 5.41) is 9.25. The molecule has 0 aliphatic rings. The summed E-state index contributed by atoms with van der Waals surface area (Å²) < 4.78 is 40.4. The number of carboxylic acid groups (broad SMARTS) is 1. The first-order valence-electron chi connectivity index (χ1n) is 6.36. The minimum Gasteiger partial charge on any atom is -0.478 e. The van der Waals surface area contributed by atoms with Crippen LogP contribution in [0.5, 0.6) is 0 Å². The van der Waals surface area contributed by atoms with Crippen LogP contribution in [0.1, 0.15) is 10.4 Å². The molecule has 1 aromatic heterocycles. The van der Waals surface area contributed by atoms with Gasteiger partial charge in [-0.25, -0.2) is 21.6 Å². The minimum absolute atomic E-state index is 0.00105. The monoisotopic (exact) mass is 397 g/mol. The number of nitrogens with zero attached hydrogens (tertiary/aromatic N) is 1. The van der Waals surface area contributed by atoms with E-state index in [2.05, 4.69) is 15.9 Å². The predicted octanol–water partition coefficient (Wildman–Crippen LogP) is 3.48. The van der Waals surface area contributed by atoms with E-state index in [-0.39, 0.29) is 21.4 Å². The van der Waals surface area contributed by atoms with E-state index >= 15 is 0 Å². The predicted molar refractivity (Wildman–Crippen MR) is 85.6 cm³/mol. The van der Waals surface area contributed by atoms with Crippen molar-refractivity contribution in [3.05, 3.63) is 64.5 Å². The van der Waals surface area contributed by atoms with Gasteiger partial charge < -0.3 is 5.11 Å². The van der Waals surface area contributed by atoms with Crippen molar-refractivity contribution in [1.29, 1.82) is 0 Å². The van der Waals surface area contributed by atoms with Crippen molar-refractivity contribution in [2.24, 2.45) is 0 Å². The van der Waals surface area contributed by atoms with Crippen LogP contribution in [0.3, 0.4) is 0 Å². The van der Waals surface area contributed by atoms with Gasteiger partial charge in [-0.2, -0.15) is 0 Å². The molecule has 2 aromatic carbocycles. The third-order valence-corrected chi connectivity index (χ3v) is 5.55. The standard InChI is InChI=1S/C15H9BrFNO4S/c16-9-1-4-11(5-2-9)23(21,22)18-8-13(15(19)20)12-7-10(17)3-6-14(12)18/h1-8H,(H,19,20). The van der Waals surface area contributed by atoms with Crippen LogP contribution in [0.15, 0.2) is 58.0 Å². The Hall–Kier alpha value is -2.19. The lowest BCUT2D eigenvalue weighted by Gasteiger charge is -2.07. The molecular formula is C15H9BrFNO4S. The van der Waals surface area contributed by atoms with Crippen LogP contribution in [0.25, 0.3) is 10.9 Å². The van der Waals surface area contributed by atoms with Crippen molar-refractivity contribution in [1.82, 2.24) is 3.97 Å². The van der Waals surface area contributed by atoms with Crippen LogP contribution in [0.2, 0.25) is 0 Å². The maximum Gasteiger partial charge on any atom is 0.337 e. The highest BCUT2D eigenvalue weighted by Crippen LogP contribution is 2.27. The molecule has 0 aliphatic carbocycles. The average Bonchev–Trinajstić information content (AvgIpc) is 2.87. The molecule has 1 heterocycles. The number of carboxylic acids is 1. The van der Waals surface area contributed by atoms with Crippen molar-refractivity contribution in [3.8, 4) is 0 Å². The van der Waals surface area contributed by atoms with Gasteiger partial charge >= 0.3 is 5.97 Å². The van der Waals surface area contributed by atoms with Gasteiger partial charge in [0.05, 0.1) is 16.0 Å². The number of hydrogen-bond acceptors (Lipinski definition) is 3. The molecule has 0 unspecified atom stereocenters. The molecule has 5 nitrogen and oxygen atoms in total. The zero-order valence-corrected chi connectivity index (χ0v) is 13.8. The fourth-order valence-corrected chi connectivity index (χ4v) is 3.90. The first-order valence-corrected chi connectivity index (χ1v) is 8.59. The van der Waals surface area contributed by atoms with E-state index in [4.69, 9.17) is 0 Å². The largest absolute Gasteiger partial charge is 0.478 e. The molecule has 0 radical (unpaired) electrons. The van der Waals surface area contributed by atoms with Crippen LogP contribution in [0.4, 0.5) is 4.39 Å². The van der Waals surface area contributed by atoms with Gasteiger partial charge in [-0.15, -0.1) is 0 Å². The number of fused-ring (bicyclic) bond motifs is 1.